The molecule has 1 aliphatic heterocycles. The van der Waals surface area contributed by atoms with Crippen LogP contribution >= 0.6 is 0 Å². The van der Waals surface area contributed by atoms with E-state index in [9.17, 15) is 14.0 Å². The number of methoxy groups -OCH3 is 2. The third-order valence-corrected chi connectivity index (χ3v) is 6.15. The lowest BCUT2D eigenvalue weighted by Gasteiger charge is -2.35. The molecule has 1 aliphatic carbocycles. The minimum Gasteiger partial charge on any atom is -0.493 e. The predicted octanol–water partition coefficient (Wildman–Crippen LogP) is 2.86. The number of amides is 2. The van der Waals surface area contributed by atoms with E-state index in [-0.39, 0.29) is 35.9 Å². The number of carbonyl (C=O) groups is 2. The monoisotopic (exact) mass is 426 g/mol. The Kier molecular flexibility index (Phi) is 6.11. The second-order valence-corrected chi connectivity index (χ2v) is 8.07. The number of hydrogen-bond donors (Lipinski definition) is 0. The van der Waals surface area contributed by atoms with Gasteiger partial charge in [0.15, 0.2) is 11.5 Å². The summed E-state index contributed by atoms with van der Waals surface area (Å²) >= 11 is 0. The summed E-state index contributed by atoms with van der Waals surface area (Å²) in [5, 5.41) is 0. The van der Waals surface area contributed by atoms with E-state index in [1.807, 2.05) is 21.9 Å². The normalized spacial score (nSPS) is 20.4. The number of carbonyl (C=O) groups excluding carboxylic acids is 2. The maximum Gasteiger partial charge on any atom is 0.227 e. The highest BCUT2D eigenvalue weighted by molar-refractivity contribution is 5.84. The molecule has 2 aromatic rings. The molecule has 0 spiro atoms. The Bertz CT molecular complexity index is 955. The topological polar surface area (TPSA) is 59.1 Å². The van der Waals surface area contributed by atoms with Crippen LogP contribution in [0.4, 0.5) is 4.39 Å². The SMILES string of the molecule is COc1ccc(CC(=O)N2CCN(C(=O)C3CC3c3ccc(F)cc3)CC2)cc1OC. The van der Waals surface area contributed by atoms with Crippen molar-refractivity contribution in [2.24, 2.45) is 5.92 Å². The van der Waals surface area contributed by atoms with E-state index in [4.69, 9.17) is 9.47 Å². The molecule has 31 heavy (non-hydrogen) atoms. The van der Waals surface area contributed by atoms with Gasteiger partial charge in [0.05, 0.1) is 20.6 Å². The van der Waals surface area contributed by atoms with E-state index < -0.39 is 0 Å². The predicted molar refractivity (Wildman–Crippen MR) is 114 cm³/mol. The molecule has 1 heterocycles. The number of rotatable bonds is 6. The fourth-order valence-corrected chi connectivity index (χ4v) is 4.23. The minimum atomic E-state index is -0.263. The van der Waals surface area contributed by atoms with E-state index in [0.29, 0.717) is 37.7 Å². The molecule has 1 saturated heterocycles. The largest absolute Gasteiger partial charge is 0.493 e. The smallest absolute Gasteiger partial charge is 0.227 e. The molecule has 0 N–H and O–H groups in total. The number of benzene rings is 2. The molecule has 6 nitrogen and oxygen atoms in total. The van der Waals surface area contributed by atoms with Crippen LogP contribution < -0.4 is 9.47 Å². The standard InChI is InChI=1S/C24H27FN2O4/c1-30-21-8-3-16(13-22(21)31-2)14-23(28)26-9-11-27(12-10-26)24(29)20-15-19(20)17-4-6-18(25)7-5-17/h3-8,13,19-20H,9-12,14-15H2,1-2H3. The van der Waals surface area contributed by atoms with Crippen LogP contribution in [0.25, 0.3) is 0 Å². The third kappa shape index (κ3) is 4.65. The van der Waals surface area contributed by atoms with Gasteiger partial charge in [0, 0.05) is 32.1 Å². The van der Waals surface area contributed by atoms with Gasteiger partial charge in [0.1, 0.15) is 5.82 Å². The molecule has 2 atom stereocenters. The van der Waals surface area contributed by atoms with E-state index >= 15 is 0 Å². The van der Waals surface area contributed by atoms with Crippen LogP contribution in [0.1, 0.15) is 23.5 Å². The van der Waals surface area contributed by atoms with Crippen LogP contribution in [-0.2, 0) is 16.0 Å². The first-order valence-electron chi connectivity index (χ1n) is 10.5. The molecule has 7 heteroatoms. The lowest BCUT2D eigenvalue weighted by Crippen LogP contribution is -2.51. The molecular formula is C24H27FN2O4. The van der Waals surface area contributed by atoms with Crippen LogP contribution in [0, 0.1) is 11.7 Å². The maximum absolute atomic E-state index is 13.1. The molecule has 164 valence electrons. The number of halogens is 1. The summed E-state index contributed by atoms with van der Waals surface area (Å²) in [6, 6.07) is 11.9. The minimum absolute atomic E-state index is 0.0283. The van der Waals surface area contributed by atoms with Crippen LogP contribution in [0.15, 0.2) is 42.5 Å². The number of ether oxygens (including phenoxy) is 2. The Morgan fingerprint density at radius 3 is 2.23 bits per heavy atom. The van der Waals surface area contributed by atoms with Crippen molar-refractivity contribution >= 4 is 11.8 Å². The van der Waals surface area contributed by atoms with Gasteiger partial charge in [0.2, 0.25) is 11.8 Å². The number of piperazine rings is 1. The summed E-state index contributed by atoms with van der Waals surface area (Å²) in [4.78, 5) is 29.2. The molecule has 2 aliphatic rings. The van der Waals surface area contributed by atoms with Gasteiger partial charge in [-0.05, 0) is 47.7 Å². The second kappa shape index (κ2) is 8.96. The van der Waals surface area contributed by atoms with Crippen molar-refractivity contribution in [3.05, 3.63) is 59.4 Å². The van der Waals surface area contributed by atoms with Crippen molar-refractivity contribution in [2.45, 2.75) is 18.8 Å². The summed E-state index contributed by atoms with van der Waals surface area (Å²) < 4.78 is 23.7. The fourth-order valence-electron chi connectivity index (χ4n) is 4.23. The Balaban J connectivity index is 1.28. The van der Waals surface area contributed by atoms with E-state index in [1.54, 1.807) is 32.4 Å². The summed E-state index contributed by atoms with van der Waals surface area (Å²) in [6.07, 6.45) is 1.09. The third-order valence-electron chi connectivity index (χ3n) is 6.15. The average molecular weight is 426 g/mol. The van der Waals surface area contributed by atoms with Crippen LogP contribution in [0.2, 0.25) is 0 Å². The molecule has 4 rings (SSSR count). The van der Waals surface area contributed by atoms with Gasteiger partial charge in [-0.3, -0.25) is 9.59 Å². The summed E-state index contributed by atoms with van der Waals surface area (Å²) in [6.45, 7) is 2.16. The fraction of sp³-hybridized carbons (Fsp3) is 0.417. The Labute approximate surface area is 181 Å². The van der Waals surface area contributed by atoms with E-state index in [2.05, 4.69) is 0 Å². The van der Waals surface area contributed by atoms with Crippen molar-refractivity contribution in [2.75, 3.05) is 40.4 Å². The first kappa shape index (κ1) is 21.2. The molecule has 2 unspecified atom stereocenters. The van der Waals surface area contributed by atoms with Gasteiger partial charge in [-0.25, -0.2) is 4.39 Å². The Hall–Kier alpha value is -3.09. The molecular weight excluding hydrogens is 399 g/mol. The van der Waals surface area contributed by atoms with Crippen LogP contribution in [0.5, 0.6) is 11.5 Å². The lowest BCUT2D eigenvalue weighted by atomic mass is 10.1. The van der Waals surface area contributed by atoms with E-state index in [0.717, 1.165) is 17.5 Å². The Morgan fingerprint density at radius 2 is 1.58 bits per heavy atom. The van der Waals surface area contributed by atoms with Crippen molar-refractivity contribution in [1.82, 2.24) is 9.80 Å². The van der Waals surface area contributed by atoms with Crippen molar-refractivity contribution in [1.29, 1.82) is 0 Å². The summed E-state index contributed by atoms with van der Waals surface area (Å²) in [7, 11) is 3.15. The molecule has 0 radical (unpaired) electrons. The molecule has 2 amide bonds. The lowest BCUT2D eigenvalue weighted by molar-refractivity contribution is -0.140. The summed E-state index contributed by atoms with van der Waals surface area (Å²) in [5.41, 5.74) is 1.88. The summed E-state index contributed by atoms with van der Waals surface area (Å²) in [5.74, 6) is 1.29. The number of hydrogen-bond acceptors (Lipinski definition) is 4. The van der Waals surface area contributed by atoms with Crippen LogP contribution in [-0.4, -0.2) is 62.0 Å². The van der Waals surface area contributed by atoms with E-state index in [1.165, 1.54) is 12.1 Å². The first-order valence-corrected chi connectivity index (χ1v) is 10.5. The highest BCUT2D eigenvalue weighted by Crippen LogP contribution is 2.48. The highest BCUT2D eigenvalue weighted by Gasteiger charge is 2.46. The highest BCUT2D eigenvalue weighted by atomic mass is 19.1. The zero-order valence-corrected chi connectivity index (χ0v) is 17.8. The van der Waals surface area contributed by atoms with Crippen molar-refractivity contribution < 1.29 is 23.5 Å². The van der Waals surface area contributed by atoms with Gasteiger partial charge in [0.25, 0.3) is 0 Å². The average Bonchev–Trinajstić information content (AvgIpc) is 3.60. The zero-order chi connectivity index (χ0) is 22.0. The van der Waals surface area contributed by atoms with Gasteiger partial charge in [-0.1, -0.05) is 18.2 Å². The second-order valence-electron chi connectivity index (χ2n) is 8.07. The van der Waals surface area contributed by atoms with Crippen LogP contribution in [0.3, 0.4) is 0 Å². The molecule has 1 saturated carbocycles. The van der Waals surface area contributed by atoms with Gasteiger partial charge in [-0.2, -0.15) is 0 Å². The maximum atomic E-state index is 13.1. The quantitative estimate of drug-likeness (QED) is 0.713. The van der Waals surface area contributed by atoms with Gasteiger partial charge < -0.3 is 19.3 Å². The van der Waals surface area contributed by atoms with Gasteiger partial charge >= 0.3 is 0 Å². The van der Waals surface area contributed by atoms with Gasteiger partial charge in [-0.15, -0.1) is 0 Å². The molecule has 2 fully saturated rings. The first-order chi connectivity index (χ1) is 15.0. The Morgan fingerprint density at radius 1 is 0.935 bits per heavy atom. The molecule has 2 aromatic carbocycles. The van der Waals surface area contributed by atoms with Crippen molar-refractivity contribution in [3.8, 4) is 11.5 Å². The zero-order valence-electron chi connectivity index (χ0n) is 17.8. The molecule has 0 aromatic heterocycles. The number of nitrogens with zero attached hydrogens (tertiary/aromatic N) is 2. The molecule has 0 bridgehead atoms. The van der Waals surface area contributed by atoms with Crippen molar-refractivity contribution in [3.63, 3.8) is 0 Å².